The molecule has 1 N–H and O–H groups in total. The fraction of sp³-hybridized carbons (Fsp3) is 0.188. The Morgan fingerprint density at radius 3 is 1.82 bits per heavy atom. The molecule has 0 atom stereocenters. The molecular weight excluding hydrogens is 474 g/mol. The number of anilines is 1. The van der Waals surface area contributed by atoms with Gasteiger partial charge in [0.25, 0.3) is 11.8 Å². The van der Waals surface area contributed by atoms with E-state index >= 15 is 0 Å². The molecule has 4 aromatic carbocycles. The smallest absolute Gasteiger partial charge is 0.262 e. The molecule has 1 fully saturated rings. The highest BCUT2D eigenvalue weighted by atomic mass is 16.5. The number of hydrogen-bond donors (Lipinski definition) is 1. The van der Waals surface area contributed by atoms with Crippen molar-refractivity contribution in [2.75, 3.05) is 38.1 Å². The molecule has 38 heavy (non-hydrogen) atoms. The number of ether oxygens (including phenoxy) is 1. The third-order valence-electron chi connectivity index (χ3n) is 6.74. The lowest BCUT2D eigenvalue weighted by Crippen LogP contribution is -2.50. The molecular formula is C32H31N3O3. The average Bonchev–Trinajstić information content (AvgIpc) is 2.98. The first-order chi connectivity index (χ1) is 18.7. The predicted molar refractivity (Wildman–Crippen MR) is 149 cm³/mol. The highest BCUT2D eigenvalue weighted by Crippen LogP contribution is 2.30. The molecule has 6 nitrogen and oxygen atoms in total. The molecule has 1 aliphatic rings. The van der Waals surface area contributed by atoms with E-state index in [2.05, 4.69) is 58.7 Å². The van der Waals surface area contributed by atoms with Crippen molar-refractivity contribution in [1.29, 1.82) is 0 Å². The van der Waals surface area contributed by atoms with Gasteiger partial charge in [0.2, 0.25) is 0 Å². The van der Waals surface area contributed by atoms with Crippen LogP contribution in [0.1, 0.15) is 27.5 Å². The Hall–Kier alpha value is -4.42. The fourth-order valence-corrected chi connectivity index (χ4v) is 4.87. The van der Waals surface area contributed by atoms with Crippen LogP contribution in [0.4, 0.5) is 5.69 Å². The molecule has 0 saturated carbocycles. The molecule has 192 valence electrons. The van der Waals surface area contributed by atoms with Crippen molar-refractivity contribution in [1.82, 2.24) is 9.80 Å². The SMILES string of the molecule is O=C(COc1ccccc1)Nc1ccccc1C(=O)N1CCN(C(c2ccccc2)c2ccccc2)CC1. The normalized spacial score (nSPS) is 13.8. The van der Waals surface area contributed by atoms with Crippen molar-refractivity contribution in [2.24, 2.45) is 0 Å². The number of nitrogens with one attached hydrogen (secondary N) is 1. The summed E-state index contributed by atoms with van der Waals surface area (Å²) in [7, 11) is 0. The van der Waals surface area contributed by atoms with Crippen molar-refractivity contribution < 1.29 is 14.3 Å². The average molecular weight is 506 g/mol. The van der Waals surface area contributed by atoms with E-state index in [9.17, 15) is 9.59 Å². The van der Waals surface area contributed by atoms with Gasteiger partial charge in [-0.15, -0.1) is 0 Å². The Labute approximate surface area is 223 Å². The second-order valence-electron chi connectivity index (χ2n) is 9.25. The molecule has 5 rings (SSSR count). The Morgan fingerprint density at radius 1 is 0.684 bits per heavy atom. The molecule has 4 aromatic rings. The van der Waals surface area contributed by atoms with Crippen LogP contribution in [0.5, 0.6) is 5.75 Å². The first-order valence-electron chi connectivity index (χ1n) is 12.9. The maximum atomic E-state index is 13.5. The molecule has 0 aromatic heterocycles. The van der Waals surface area contributed by atoms with Gasteiger partial charge in [-0.1, -0.05) is 91.0 Å². The molecule has 0 bridgehead atoms. The van der Waals surface area contributed by atoms with Gasteiger partial charge in [0, 0.05) is 26.2 Å². The Bertz CT molecular complexity index is 1300. The zero-order valence-corrected chi connectivity index (χ0v) is 21.2. The quantitative estimate of drug-likeness (QED) is 0.355. The maximum Gasteiger partial charge on any atom is 0.262 e. The molecule has 0 unspecified atom stereocenters. The van der Waals surface area contributed by atoms with E-state index in [0.717, 1.165) is 13.1 Å². The summed E-state index contributed by atoms with van der Waals surface area (Å²) < 4.78 is 5.55. The first kappa shape index (κ1) is 25.2. The zero-order valence-electron chi connectivity index (χ0n) is 21.2. The Kier molecular flexibility index (Phi) is 8.11. The van der Waals surface area contributed by atoms with Crippen LogP contribution in [-0.2, 0) is 4.79 Å². The highest BCUT2D eigenvalue weighted by molar-refractivity contribution is 6.04. The van der Waals surface area contributed by atoms with Crippen molar-refractivity contribution in [3.63, 3.8) is 0 Å². The van der Waals surface area contributed by atoms with Gasteiger partial charge in [-0.25, -0.2) is 0 Å². The van der Waals surface area contributed by atoms with Gasteiger partial charge < -0.3 is 15.0 Å². The van der Waals surface area contributed by atoms with Gasteiger partial charge in [-0.05, 0) is 35.4 Å². The van der Waals surface area contributed by atoms with Crippen LogP contribution in [0.15, 0.2) is 115 Å². The molecule has 1 saturated heterocycles. The van der Waals surface area contributed by atoms with Gasteiger partial charge in [0.15, 0.2) is 6.61 Å². The maximum absolute atomic E-state index is 13.5. The van der Waals surface area contributed by atoms with Gasteiger partial charge in [0.05, 0.1) is 17.3 Å². The summed E-state index contributed by atoms with van der Waals surface area (Å²) in [6, 6.07) is 37.5. The number of nitrogens with zero attached hydrogens (tertiary/aromatic N) is 2. The number of carbonyl (C=O) groups excluding carboxylic acids is 2. The largest absolute Gasteiger partial charge is 0.484 e. The number of carbonyl (C=O) groups is 2. The van der Waals surface area contributed by atoms with E-state index in [0.29, 0.717) is 30.1 Å². The first-order valence-corrected chi connectivity index (χ1v) is 12.9. The summed E-state index contributed by atoms with van der Waals surface area (Å²) in [6.45, 7) is 2.58. The molecule has 1 heterocycles. The molecule has 1 aliphatic heterocycles. The van der Waals surface area contributed by atoms with Crippen molar-refractivity contribution in [3.8, 4) is 5.75 Å². The summed E-state index contributed by atoms with van der Waals surface area (Å²) in [4.78, 5) is 30.4. The van der Waals surface area contributed by atoms with Crippen molar-refractivity contribution in [2.45, 2.75) is 6.04 Å². The lowest BCUT2D eigenvalue weighted by Gasteiger charge is -2.40. The lowest BCUT2D eigenvalue weighted by atomic mass is 9.96. The molecule has 0 spiro atoms. The van der Waals surface area contributed by atoms with Crippen LogP contribution in [0.25, 0.3) is 0 Å². The van der Waals surface area contributed by atoms with E-state index in [1.54, 1.807) is 24.3 Å². The van der Waals surface area contributed by atoms with Gasteiger partial charge >= 0.3 is 0 Å². The Morgan fingerprint density at radius 2 is 1.21 bits per heavy atom. The van der Waals surface area contributed by atoms with Crippen molar-refractivity contribution >= 4 is 17.5 Å². The van der Waals surface area contributed by atoms with E-state index in [4.69, 9.17) is 4.74 Å². The topological polar surface area (TPSA) is 61.9 Å². The summed E-state index contributed by atoms with van der Waals surface area (Å²) in [6.07, 6.45) is 0. The van der Waals surface area contributed by atoms with Crippen molar-refractivity contribution in [3.05, 3.63) is 132 Å². The van der Waals surface area contributed by atoms with Gasteiger partial charge in [-0.2, -0.15) is 0 Å². The number of hydrogen-bond acceptors (Lipinski definition) is 4. The number of rotatable bonds is 8. The third kappa shape index (κ3) is 6.10. The minimum atomic E-state index is -0.313. The van der Waals surface area contributed by atoms with Crippen LogP contribution < -0.4 is 10.1 Å². The van der Waals surface area contributed by atoms with E-state index in [1.165, 1.54) is 11.1 Å². The minimum absolute atomic E-state index is 0.0829. The summed E-state index contributed by atoms with van der Waals surface area (Å²) in [5.74, 6) is 0.224. The van der Waals surface area contributed by atoms with Crippen LogP contribution in [0, 0.1) is 0 Å². The Balaban J connectivity index is 1.24. The summed E-state index contributed by atoms with van der Waals surface area (Å²) in [5, 5.41) is 2.85. The number of amides is 2. The van der Waals surface area contributed by atoms with Crippen LogP contribution >= 0.6 is 0 Å². The zero-order chi connectivity index (χ0) is 26.2. The standard InChI is InChI=1S/C32H31N3O3/c36-30(24-38-27-16-8-3-9-17-27)33-29-19-11-10-18-28(29)32(37)35-22-20-34(21-23-35)31(25-12-4-1-5-13-25)26-14-6-2-7-15-26/h1-19,31H,20-24H2,(H,33,36). The van der Waals surface area contributed by atoms with E-state index < -0.39 is 0 Å². The number of para-hydroxylation sites is 2. The second-order valence-corrected chi connectivity index (χ2v) is 9.25. The number of piperazine rings is 1. The number of benzene rings is 4. The molecule has 0 radical (unpaired) electrons. The van der Waals surface area contributed by atoms with E-state index in [-0.39, 0.29) is 24.5 Å². The fourth-order valence-electron chi connectivity index (χ4n) is 4.87. The molecule has 6 heteroatoms. The summed E-state index contributed by atoms with van der Waals surface area (Å²) >= 11 is 0. The second kappa shape index (κ2) is 12.2. The van der Waals surface area contributed by atoms with Crippen LogP contribution in [0.2, 0.25) is 0 Å². The molecule has 0 aliphatic carbocycles. The summed E-state index contributed by atoms with van der Waals surface area (Å²) in [5.41, 5.74) is 3.46. The monoisotopic (exact) mass is 505 g/mol. The highest BCUT2D eigenvalue weighted by Gasteiger charge is 2.29. The van der Waals surface area contributed by atoms with Gasteiger partial charge in [-0.3, -0.25) is 14.5 Å². The van der Waals surface area contributed by atoms with Gasteiger partial charge in [0.1, 0.15) is 5.75 Å². The third-order valence-corrected chi connectivity index (χ3v) is 6.74. The molecule has 2 amide bonds. The lowest BCUT2D eigenvalue weighted by molar-refractivity contribution is -0.118. The van der Waals surface area contributed by atoms with Crippen LogP contribution in [0.3, 0.4) is 0 Å². The van der Waals surface area contributed by atoms with E-state index in [1.807, 2.05) is 47.4 Å². The predicted octanol–water partition coefficient (Wildman–Crippen LogP) is 5.25. The van der Waals surface area contributed by atoms with Crippen LogP contribution in [-0.4, -0.2) is 54.4 Å². The minimum Gasteiger partial charge on any atom is -0.484 e.